The lowest BCUT2D eigenvalue weighted by molar-refractivity contribution is -0.160. The molecule has 0 unspecified atom stereocenters. The number of carbonyl (C=O) groups excluding carboxylic acids is 3. The van der Waals surface area contributed by atoms with Crippen LogP contribution in [0.4, 0.5) is 5.69 Å². The van der Waals surface area contributed by atoms with Crippen LogP contribution in [0.15, 0.2) is 42.5 Å². The van der Waals surface area contributed by atoms with Crippen molar-refractivity contribution in [3.05, 3.63) is 59.2 Å². The van der Waals surface area contributed by atoms with Crippen LogP contribution < -0.4 is 10.1 Å². The van der Waals surface area contributed by atoms with E-state index in [4.69, 9.17) is 9.47 Å². The zero-order valence-corrected chi connectivity index (χ0v) is 18.1. The second kappa shape index (κ2) is 10.1. The lowest BCUT2D eigenvalue weighted by atomic mass is 10.1. The van der Waals surface area contributed by atoms with E-state index in [1.54, 1.807) is 12.1 Å². The fourth-order valence-electron chi connectivity index (χ4n) is 3.50. The van der Waals surface area contributed by atoms with Crippen LogP contribution in [-0.4, -0.2) is 49.0 Å². The maximum absolute atomic E-state index is 12.4. The number of anilines is 1. The average Bonchev–Trinajstić information content (AvgIpc) is 3.21. The minimum absolute atomic E-state index is 0.153. The monoisotopic (exact) mass is 424 g/mol. The van der Waals surface area contributed by atoms with Crippen LogP contribution in [0.5, 0.6) is 5.75 Å². The van der Waals surface area contributed by atoms with Crippen LogP contribution in [-0.2, 0) is 32.0 Å². The smallest absolute Gasteiger partial charge is 0.344 e. The van der Waals surface area contributed by atoms with E-state index < -0.39 is 18.0 Å². The highest BCUT2D eigenvalue weighted by Gasteiger charge is 2.23. The van der Waals surface area contributed by atoms with E-state index >= 15 is 0 Å². The van der Waals surface area contributed by atoms with Crippen LogP contribution in [0.3, 0.4) is 0 Å². The molecule has 0 aromatic heterocycles. The number of esters is 1. The predicted molar refractivity (Wildman–Crippen MR) is 117 cm³/mol. The van der Waals surface area contributed by atoms with Crippen LogP contribution in [0.1, 0.15) is 30.0 Å². The molecule has 0 heterocycles. The van der Waals surface area contributed by atoms with E-state index in [1.807, 2.05) is 37.3 Å². The second-order valence-corrected chi connectivity index (χ2v) is 7.81. The number of nitrogens with zero attached hydrogens (tertiary/aromatic N) is 1. The Kier molecular flexibility index (Phi) is 7.28. The molecule has 2 amide bonds. The second-order valence-electron chi connectivity index (χ2n) is 7.81. The molecule has 3 rings (SSSR count). The summed E-state index contributed by atoms with van der Waals surface area (Å²) in [5.41, 5.74) is 4.31. The Morgan fingerprint density at radius 3 is 2.52 bits per heavy atom. The van der Waals surface area contributed by atoms with E-state index in [0.717, 1.165) is 24.8 Å². The van der Waals surface area contributed by atoms with Gasteiger partial charge in [-0.2, -0.15) is 0 Å². The van der Waals surface area contributed by atoms with E-state index in [1.165, 1.54) is 30.0 Å². The first-order valence-corrected chi connectivity index (χ1v) is 10.4. The summed E-state index contributed by atoms with van der Waals surface area (Å²) in [6.45, 7) is 3.00. The van der Waals surface area contributed by atoms with Gasteiger partial charge in [-0.05, 0) is 68.5 Å². The van der Waals surface area contributed by atoms with Crippen molar-refractivity contribution >= 4 is 23.5 Å². The summed E-state index contributed by atoms with van der Waals surface area (Å²) in [4.78, 5) is 37.9. The summed E-state index contributed by atoms with van der Waals surface area (Å²) in [5.74, 6) is -0.830. The van der Waals surface area contributed by atoms with E-state index in [0.29, 0.717) is 11.4 Å². The molecule has 0 spiro atoms. The zero-order valence-electron chi connectivity index (χ0n) is 18.1. The summed E-state index contributed by atoms with van der Waals surface area (Å²) in [6, 6.07) is 13.2. The van der Waals surface area contributed by atoms with Gasteiger partial charge in [-0.25, -0.2) is 4.79 Å². The van der Waals surface area contributed by atoms with Gasteiger partial charge in [0.2, 0.25) is 5.91 Å². The number of rotatable bonds is 8. The molecule has 0 saturated carbocycles. The van der Waals surface area contributed by atoms with Crippen molar-refractivity contribution in [3.63, 3.8) is 0 Å². The molecule has 7 nitrogen and oxygen atoms in total. The molecule has 1 atom stereocenters. The van der Waals surface area contributed by atoms with E-state index in [2.05, 4.69) is 5.32 Å². The molecule has 0 bridgehead atoms. The highest BCUT2D eigenvalue weighted by Crippen LogP contribution is 2.26. The number of nitrogens with one attached hydrogen (secondary N) is 1. The Morgan fingerprint density at radius 2 is 1.77 bits per heavy atom. The van der Waals surface area contributed by atoms with Gasteiger partial charge in [0, 0.05) is 12.7 Å². The normalized spacial score (nSPS) is 13.1. The van der Waals surface area contributed by atoms with Crippen molar-refractivity contribution in [3.8, 4) is 5.75 Å². The van der Waals surface area contributed by atoms with Gasteiger partial charge < -0.3 is 19.7 Å². The Labute approximate surface area is 182 Å². The number of likely N-dealkylation sites (N-methyl/N-ethyl adjacent to an activating group) is 1. The number of aryl methyl sites for hydroxylation is 3. The number of fused-ring (bicyclic) bond motifs is 1. The third-order valence-electron chi connectivity index (χ3n) is 5.17. The molecule has 0 aliphatic heterocycles. The van der Waals surface area contributed by atoms with Crippen molar-refractivity contribution < 1.29 is 23.9 Å². The number of carbonyl (C=O) groups is 3. The largest absolute Gasteiger partial charge is 0.482 e. The number of hydrogen-bond acceptors (Lipinski definition) is 5. The van der Waals surface area contributed by atoms with Gasteiger partial charge >= 0.3 is 5.97 Å². The van der Waals surface area contributed by atoms with Gasteiger partial charge in [0.15, 0.2) is 12.7 Å². The summed E-state index contributed by atoms with van der Waals surface area (Å²) < 4.78 is 10.7. The maximum Gasteiger partial charge on any atom is 0.344 e. The van der Waals surface area contributed by atoms with Gasteiger partial charge in [0.05, 0.1) is 6.54 Å². The number of ether oxygens (including phenoxy) is 2. The van der Waals surface area contributed by atoms with Crippen LogP contribution in [0.2, 0.25) is 0 Å². The van der Waals surface area contributed by atoms with Crippen molar-refractivity contribution in [1.82, 2.24) is 4.90 Å². The van der Waals surface area contributed by atoms with Gasteiger partial charge in [0.25, 0.3) is 5.91 Å². The molecule has 1 aliphatic rings. The van der Waals surface area contributed by atoms with Gasteiger partial charge in [-0.3, -0.25) is 9.59 Å². The first-order chi connectivity index (χ1) is 14.8. The SMILES string of the molecule is Cc1ccc(NC(=O)CN(C)C(=O)[C@H](C)OC(=O)COc2ccc3c(c2)CCC3)cc1. The van der Waals surface area contributed by atoms with E-state index in [-0.39, 0.29) is 19.1 Å². The van der Waals surface area contributed by atoms with Crippen molar-refractivity contribution in [2.24, 2.45) is 0 Å². The average molecular weight is 424 g/mol. The first-order valence-electron chi connectivity index (χ1n) is 10.4. The third-order valence-corrected chi connectivity index (χ3v) is 5.17. The van der Waals surface area contributed by atoms with E-state index in [9.17, 15) is 14.4 Å². The quantitative estimate of drug-likeness (QED) is 0.659. The predicted octanol–water partition coefficient (Wildman–Crippen LogP) is 2.89. The van der Waals surface area contributed by atoms with Crippen molar-refractivity contribution in [2.75, 3.05) is 25.5 Å². The summed E-state index contributed by atoms with van der Waals surface area (Å²) in [6.07, 6.45) is 2.21. The standard InChI is InChI=1S/C24H28N2O5/c1-16-7-10-20(11-8-16)25-22(27)14-26(3)24(29)17(2)31-23(28)15-30-21-12-9-18-5-4-6-19(18)13-21/h7-13,17H,4-6,14-15H2,1-3H3,(H,25,27)/t17-/m0/s1. The molecule has 31 heavy (non-hydrogen) atoms. The molecule has 2 aromatic carbocycles. The molecule has 1 aliphatic carbocycles. The minimum Gasteiger partial charge on any atom is -0.482 e. The first kappa shape index (κ1) is 22.3. The Morgan fingerprint density at radius 1 is 1.06 bits per heavy atom. The molecule has 0 fully saturated rings. The van der Waals surface area contributed by atoms with Gasteiger partial charge in [-0.15, -0.1) is 0 Å². The van der Waals surface area contributed by atoms with Crippen LogP contribution in [0.25, 0.3) is 0 Å². The topological polar surface area (TPSA) is 84.9 Å². The molecular formula is C24H28N2O5. The van der Waals surface area contributed by atoms with Gasteiger partial charge in [-0.1, -0.05) is 23.8 Å². The summed E-state index contributed by atoms with van der Waals surface area (Å²) >= 11 is 0. The molecule has 2 aromatic rings. The highest BCUT2D eigenvalue weighted by molar-refractivity contribution is 5.95. The highest BCUT2D eigenvalue weighted by atomic mass is 16.6. The molecule has 0 radical (unpaired) electrons. The van der Waals surface area contributed by atoms with Crippen LogP contribution in [0, 0.1) is 6.92 Å². The maximum atomic E-state index is 12.4. The van der Waals surface area contributed by atoms with Crippen LogP contribution >= 0.6 is 0 Å². The number of amides is 2. The summed E-state index contributed by atoms with van der Waals surface area (Å²) in [5, 5.41) is 2.73. The van der Waals surface area contributed by atoms with Gasteiger partial charge in [0.1, 0.15) is 5.75 Å². The molecule has 1 N–H and O–H groups in total. The lowest BCUT2D eigenvalue weighted by Gasteiger charge is -2.21. The molecule has 7 heteroatoms. The lowest BCUT2D eigenvalue weighted by Crippen LogP contribution is -2.42. The Balaban J connectivity index is 1.42. The molecule has 0 saturated heterocycles. The minimum atomic E-state index is -1.02. The third kappa shape index (κ3) is 6.31. The zero-order chi connectivity index (χ0) is 22.4. The van der Waals surface area contributed by atoms with Crippen molar-refractivity contribution in [1.29, 1.82) is 0 Å². The number of benzene rings is 2. The molecule has 164 valence electrons. The number of hydrogen-bond donors (Lipinski definition) is 1. The Hall–Kier alpha value is -3.35. The Bertz CT molecular complexity index is 955. The summed E-state index contributed by atoms with van der Waals surface area (Å²) in [7, 11) is 1.49. The fourth-order valence-corrected chi connectivity index (χ4v) is 3.50. The fraction of sp³-hybridized carbons (Fsp3) is 0.375. The molecular weight excluding hydrogens is 396 g/mol. The van der Waals surface area contributed by atoms with Crippen molar-refractivity contribution in [2.45, 2.75) is 39.2 Å².